The summed E-state index contributed by atoms with van der Waals surface area (Å²) in [5.74, 6) is 2.01. The molecule has 0 spiro atoms. The van der Waals surface area contributed by atoms with Crippen molar-refractivity contribution in [1.29, 1.82) is 0 Å². The van der Waals surface area contributed by atoms with Gasteiger partial charge in [0.05, 0.1) is 26.2 Å². The molecule has 1 aromatic heterocycles. The van der Waals surface area contributed by atoms with Crippen LogP contribution in [0.25, 0.3) is 23.2 Å². The van der Waals surface area contributed by atoms with E-state index in [9.17, 15) is 4.79 Å². The van der Waals surface area contributed by atoms with Gasteiger partial charge in [-0.2, -0.15) is 5.10 Å². The molecule has 0 radical (unpaired) electrons. The molecular weight excluding hydrogens is 486 g/mol. The Balaban J connectivity index is 1.48. The highest BCUT2D eigenvalue weighted by Gasteiger charge is 2.17. The van der Waals surface area contributed by atoms with E-state index in [1.54, 1.807) is 20.4 Å². The zero-order valence-corrected chi connectivity index (χ0v) is 21.6. The Morgan fingerprint density at radius 3 is 2.24 bits per heavy atom. The molecule has 188 valence electrons. The smallest absolute Gasteiger partial charge is 0.250 e. The number of hydrazone groups is 1. The van der Waals surface area contributed by atoms with Gasteiger partial charge in [-0.25, -0.2) is 5.43 Å². The molecule has 0 aliphatic carbocycles. The molecule has 4 rings (SSSR count). The van der Waals surface area contributed by atoms with Crippen molar-refractivity contribution < 1.29 is 14.3 Å². The third kappa shape index (κ3) is 6.86. The van der Waals surface area contributed by atoms with E-state index < -0.39 is 0 Å². The van der Waals surface area contributed by atoms with Gasteiger partial charge in [0.25, 0.3) is 5.91 Å². The summed E-state index contributed by atoms with van der Waals surface area (Å²) in [4.78, 5) is 12.5. The number of nitrogens with one attached hydrogen (secondary N) is 1. The predicted octanol–water partition coefficient (Wildman–Crippen LogP) is 5.25. The second-order valence-corrected chi connectivity index (χ2v) is 8.89. The van der Waals surface area contributed by atoms with Crippen molar-refractivity contribution in [3.8, 4) is 28.6 Å². The van der Waals surface area contributed by atoms with E-state index in [4.69, 9.17) is 9.47 Å². The van der Waals surface area contributed by atoms with Crippen LogP contribution in [0.2, 0.25) is 0 Å². The summed E-state index contributed by atoms with van der Waals surface area (Å²) in [7, 11) is 3.25. The minimum Gasteiger partial charge on any atom is -0.497 e. The molecule has 0 aliphatic heterocycles. The normalized spacial score (nSPS) is 11.5. The molecule has 37 heavy (non-hydrogen) atoms. The molecule has 0 unspecified atom stereocenters. The quantitative estimate of drug-likeness (QED) is 0.177. The summed E-state index contributed by atoms with van der Waals surface area (Å²) in [5.41, 5.74) is 6.28. The second kappa shape index (κ2) is 12.5. The average molecular weight is 514 g/mol. The van der Waals surface area contributed by atoms with Gasteiger partial charge in [-0.15, -0.1) is 10.2 Å². The molecule has 0 saturated carbocycles. The largest absolute Gasteiger partial charge is 0.497 e. The molecule has 9 heteroatoms. The first-order valence-corrected chi connectivity index (χ1v) is 12.5. The fourth-order valence-electron chi connectivity index (χ4n) is 3.47. The summed E-state index contributed by atoms with van der Waals surface area (Å²) in [5, 5.41) is 13.4. The van der Waals surface area contributed by atoms with Crippen LogP contribution in [-0.2, 0) is 4.79 Å². The highest BCUT2D eigenvalue weighted by atomic mass is 32.2. The number of thioether (sulfide) groups is 1. The van der Waals surface area contributed by atoms with Crippen molar-refractivity contribution in [2.45, 2.75) is 12.1 Å². The number of aromatic nitrogens is 3. The van der Waals surface area contributed by atoms with Gasteiger partial charge in [-0.1, -0.05) is 48.2 Å². The molecule has 0 fully saturated rings. The number of ether oxygens (including phenoxy) is 2. The van der Waals surface area contributed by atoms with E-state index in [0.717, 1.165) is 33.9 Å². The van der Waals surface area contributed by atoms with Gasteiger partial charge in [0, 0.05) is 11.3 Å². The van der Waals surface area contributed by atoms with E-state index in [1.807, 2.05) is 96.4 Å². The Hall–Kier alpha value is -4.37. The summed E-state index contributed by atoms with van der Waals surface area (Å²) >= 11 is 1.28. The maximum absolute atomic E-state index is 12.5. The topological polar surface area (TPSA) is 90.6 Å². The molecule has 0 saturated heterocycles. The van der Waals surface area contributed by atoms with Gasteiger partial charge in [0.2, 0.25) is 0 Å². The minimum atomic E-state index is -0.246. The Morgan fingerprint density at radius 1 is 0.946 bits per heavy atom. The number of allylic oxidation sites excluding steroid dienone is 1. The molecule has 0 aliphatic rings. The van der Waals surface area contributed by atoms with E-state index >= 15 is 0 Å². The first-order valence-electron chi connectivity index (χ1n) is 11.5. The lowest BCUT2D eigenvalue weighted by Crippen LogP contribution is -2.20. The van der Waals surface area contributed by atoms with E-state index in [1.165, 1.54) is 11.8 Å². The SMILES string of the molecule is COc1ccc(-c2nnc(SCC(=O)N/N=C\C(C)=C\c3ccccc3)n2-c2ccc(OC)cc2)cc1. The third-order valence-electron chi connectivity index (χ3n) is 5.30. The van der Waals surface area contributed by atoms with Crippen LogP contribution in [0.3, 0.4) is 0 Å². The van der Waals surface area contributed by atoms with Gasteiger partial charge >= 0.3 is 0 Å². The zero-order valence-electron chi connectivity index (χ0n) is 20.8. The van der Waals surface area contributed by atoms with Crippen molar-refractivity contribution in [1.82, 2.24) is 20.2 Å². The Labute approximate surface area is 220 Å². The molecule has 1 N–H and O–H groups in total. The number of rotatable bonds is 10. The zero-order chi connectivity index (χ0) is 26.0. The van der Waals surface area contributed by atoms with Crippen LogP contribution in [-0.4, -0.2) is 46.9 Å². The van der Waals surface area contributed by atoms with Crippen molar-refractivity contribution in [3.05, 3.63) is 90.0 Å². The van der Waals surface area contributed by atoms with Crippen LogP contribution in [0.1, 0.15) is 12.5 Å². The number of hydrogen-bond donors (Lipinski definition) is 1. The minimum absolute atomic E-state index is 0.121. The van der Waals surface area contributed by atoms with Crippen LogP contribution in [0, 0.1) is 0 Å². The number of benzene rings is 3. The lowest BCUT2D eigenvalue weighted by atomic mass is 10.1. The number of carbonyl (C=O) groups excluding carboxylic acids is 1. The van der Waals surface area contributed by atoms with Gasteiger partial charge < -0.3 is 9.47 Å². The Morgan fingerprint density at radius 2 is 1.59 bits per heavy atom. The monoisotopic (exact) mass is 513 g/mol. The molecular formula is C28H27N5O3S. The highest BCUT2D eigenvalue weighted by molar-refractivity contribution is 7.99. The van der Waals surface area contributed by atoms with E-state index in [2.05, 4.69) is 20.7 Å². The summed E-state index contributed by atoms with van der Waals surface area (Å²) < 4.78 is 12.5. The van der Waals surface area contributed by atoms with Crippen molar-refractivity contribution in [2.24, 2.45) is 5.10 Å². The lowest BCUT2D eigenvalue weighted by Gasteiger charge is -2.11. The highest BCUT2D eigenvalue weighted by Crippen LogP contribution is 2.29. The number of nitrogens with zero attached hydrogens (tertiary/aromatic N) is 4. The molecule has 0 atom stereocenters. The molecule has 8 nitrogen and oxygen atoms in total. The summed E-state index contributed by atoms with van der Waals surface area (Å²) in [6.07, 6.45) is 3.61. The lowest BCUT2D eigenvalue weighted by molar-refractivity contribution is -0.118. The van der Waals surface area contributed by atoms with Gasteiger partial charge in [0.15, 0.2) is 11.0 Å². The van der Waals surface area contributed by atoms with Crippen LogP contribution >= 0.6 is 11.8 Å². The van der Waals surface area contributed by atoms with Crippen LogP contribution in [0.15, 0.2) is 94.7 Å². The number of amides is 1. The van der Waals surface area contributed by atoms with Crippen molar-refractivity contribution in [2.75, 3.05) is 20.0 Å². The summed E-state index contributed by atoms with van der Waals surface area (Å²) in [6.45, 7) is 1.93. The third-order valence-corrected chi connectivity index (χ3v) is 6.22. The Kier molecular flexibility index (Phi) is 8.72. The van der Waals surface area contributed by atoms with Crippen LogP contribution in [0.4, 0.5) is 0 Å². The number of hydrogen-bond acceptors (Lipinski definition) is 7. The van der Waals surface area contributed by atoms with E-state index in [-0.39, 0.29) is 11.7 Å². The number of carbonyl (C=O) groups is 1. The fraction of sp³-hybridized carbons (Fsp3) is 0.143. The molecule has 4 aromatic rings. The fourth-order valence-corrected chi connectivity index (χ4v) is 4.22. The number of methoxy groups -OCH3 is 2. The van der Waals surface area contributed by atoms with Gasteiger partial charge in [0.1, 0.15) is 11.5 Å². The predicted molar refractivity (Wildman–Crippen MR) is 147 cm³/mol. The van der Waals surface area contributed by atoms with Gasteiger partial charge in [-0.3, -0.25) is 9.36 Å². The molecule has 1 amide bonds. The second-order valence-electron chi connectivity index (χ2n) is 7.95. The maximum Gasteiger partial charge on any atom is 0.250 e. The van der Waals surface area contributed by atoms with Gasteiger partial charge in [-0.05, 0) is 66.6 Å². The molecule has 3 aromatic carbocycles. The maximum atomic E-state index is 12.5. The van der Waals surface area contributed by atoms with Crippen molar-refractivity contribution >= 4 is 30.0 Å². The first kappa shape index (κ1) is 25.7. The van der Waals surface area contributed by atoms with E-state index in [0.29, 0.717) is 11.0 Å². The molecule has 1 heterocycles. The average Bonchev–Trinajstić information content (AvgIpc) is 3.36. The summed E-state index contributed by atoms with van der Waals surface area (Å²) in [6, 6.07) is 25.1. The first-order chi connectivity index (χ1) is 18.1. The van der Waals surface area contributed by atoms with Crippen LogP contribution < -0.4 is 14.9 Å². The standard InChI is InChI=1S/C28H27N5O3S/c1-20(17-21-7-5-4-6-8-21)18-29-30-26(34)19-37-28-32-31-27(22-9-13-24(35-2)14-10-22)33(28)23-11-15-25(36-3)16-12-23/h4-18H,19H2,1-3H3,(H,30,34)/b20-17+,29-18-. The van der Waals surface area contributed by atoms with Crippen molar-refractivity contribution in [3.63, 3.8) is 0 Å². The molecule has 0 bridgehead atoms. The van der Waals surface area contributed by atoms with Crippen LogP contribution in [0.5, 0.6) is 11.5 Å². The Bertz CT molecular complexity index is 1380.